The number of hydrogen-bond acceptors (Lipinski definition) is 5. The first-order valence-corrected chi connectivity index (χ1v) is 5.91. The van der Waals surface area contributed by atoms with E-state index in [4.69, 9.17) is 9.84 Å². The molecule has 1 fully saturated rings. The van der Waals surface area contributed by atoms with Crippen LogP contribution >= 0.6 is 0 Å². The Morgan fingerprint density at radius 2 is 1.95 bits per heavy atom. The van der Waals surface area contributed by atoms with Gasteiger partial charge in [-0.3, -0.25) is 14.9 Å². The van der Waals surface area contributed by atoms with E-state index in [1.54, 1.807) is 6.07 Å². The summed E-state index contributed by atoms with van der Waals surface area (Å²) in [6, 6.07) is 5.71. The fourth-order valence-electron chi connectivity index (χ4n) is 1.96. The normalized spacial score (nSPS) is 21.4. The Morgan fingerprint density at radius 3 is 2.55 bits per heavy atom. The maximum absolute atomic E-state index is 11.9. The average molecular weight is 280 g/mol. The average Bonchev–Trinajstić information content (AvgIpc) is 2.89. The zero-order valence-corrected chi connectivity index (χ0v) is 10.3. The van der Waals surface area contributed by atoms with E-state index < -0.39 is 29.0 Å². The number of ether oxygens (including phenoxy) is 1. The number of nitro benzene ring substituents is 1. The van der Waals surface area contributed by atoms with Crippen molar-refractivity contribution in [1.29, 1.82) is 0 Å². The van der Waals surface area contributed by atoms with Crippen LogP contribution in [0.4, 0.5) is 11.4 Å². The molecule has 1 aliphatic rings. The Bertz CT molecular complexity index is 559. The number of para-hydroxylation sites is 2. The number of carbonyl (C=O) groups excluding carboxylic acids is 1. The van der Waals surface area contributed by atoms with Gasteiger partial charge in [0.2, 0.25) is 0 Å². The molecule has 106 valence electrons. The van der Waals surface area contributed by atoms with Gasteiger partial charge in [-0.15, -0.1) is 0 Å². The number of nitro groups is 1. The van der Waals surface area contributed by atoms with Crippen LogP contribution < -0.4 is 5.32 Å². The minimum absolute atomic E-state index is 0.0601. The standard InChI is InChI=1S/C12H12N2O6/c15-11(9-5-6-10(20-9)12(16)17)13-7-3-1-2-4-8(7)14(18)19/h1-4,9-10H,5-6H2,(H,13,15)(H,16,17)/t9-,10+/m0/s1. The number of hydrogen-bond donors (Lipinski definition) is 2. The number of aliphatic carboxylic acids is 1. The maximum atomic E-state index is 11.9. The van der Waals surface area contributed by atoms with Gasteiger partial charge in [0.15, 0.2) is 6.10 Å². The highest BCUT2D eigenvalue weighted by Crippen LogP contribution is 2.26. The Labute approximate surface area is 113 Å². The van der Waals surface area contributed by atoms with Gasteiger partial charge in [-0.05, 0) is 18.9 Å². The van der Waals surface area contributed by atoms with E-state index in [-0.39, 0.29) is 24.2 Å². The molecule has 0 aromatic heterocycles. The van der Waals surface area contributed by atoms with Crippen LogP contribution in [0.1, 0.15) is 12.8 Å². The predicted molar refractivity (Wildman–Crippen MR) is 67.3 cm³/mol. The number of anilines is 1. The monoisotopic (exact) mass is 280 g/mol. The first kappa shape index (κ1) is 13.9. The second kappa shape index (κ2) is 5.66. The summed E-state index contributed by atoms with van der Waals surface area (Å²) in [4.78, 5) is 32.8. The van der Waals surface area contributed by atoms with Crippen LogP contribution in [0.2, 0.25) is 0 Å². The van der Waals surface area contributed by atoms with Crippen molar-refractivity contribution in [2.45, 2.75) is 25.0 Å². The highest BCUT2D eigenvalue weighted by molar-refractivity contribution is 5.96. The first-order chi connectivity index (χ1) is 9.49. The van der Waals surface area contributed by atoms with Crippen molar-refractivity contribution in [2.75, 3.05) is 5.32 Å². The molecule has 2 N–H and O–H groups in total. The summed E-state index contributed by atoms with van der Waals surface area (Å²) in [5.74, 6) is -1.70. The molecule has 1 aromatic carbocycles. The molecule has 1 aromatic rings. The molecule has 2 rings (SSSR count). The lowest BCUT2D eigenvalue weighted by Crippen LogP contribution is -2.30. The summed E-state index contributed by atoms with van der Waals surface area (Å²) in [5, 5.41) is 22.0. The van der Waals surface area contributed by atoms with Crippen molar-refractivity contribution in [3.05, 3.63) is 34.4 Å². The van der Waals surface area contributed by atoms with Gasteiger partial charge in [0, 0.05) is 6.07 Å². The molecule has 0 spiro atoms. The Kier molecular flexibility index (Phi) is 3.94. The first-order valence-electron chi connectivity index (χ1n) is 5.91. The molecule has 8 heteroatoms. The number of rotatable bonds is 4. The fourth-order valence-corrected chi connectivity index (χ4v) is 1.96. The Hall–Kier alpha value is -2.48. The molecular formula is C12H12N2O6. The van der Waals surface area contributed by atoms with Crippen LogP contribution in [0.15, 0.2) is 24.3 Å². The van der Waals surface area contributed by atoms with Crippen molar-refractivity contribution in [3.63, 3.8) is 0 Å². The predicted octanol–water partition coefficient (Wildman–Crippen LogP) is 1.17. The van der Waals surface area contributed by atoms with Gasteiger partial charge in [-0.2, -0.15) is 0 Å². The lowest BCUT2D eigenvalue weighted by molar-refractivity contribution is -0.383. The minimum Gasteiger partial charge on any atom is -0.479 e. The van der Waals surface area contributed by atoms with Crippen molar-refractivity contribution < 1.29 is 24.4 Å². The molecule has 0 aliphatic carbocycles. The number of nitrogens with one attached hydrogen (secondary N) is 1. The van der Waals surface area contributed by atoms with E-state index >= 15 is 0 Å². The topological polar surface area (TPSA) is 119 Å². The number of carbonyl (C=O) groups is 2. The molecule has 0 saturated carbocycles. The second-order valence-electron chi connectivity index (χ2n) is 4.29. The van der Waals surface area contributed by atoms with Crippen molar-refractivity contribution in [3.8, 4) is 0 Å². The third-order valence-corrected chi connectivity index (χ3v) is 2.95. The zero-order chi connectivity index (χ0) is 14.7. The molecule has 8 nitrogen and oxygen atoms in total. The summed E-state index contributed by atoms with van der Waals surface area (Å²) in [6.45, 7) is 0. The van der Waals surface area contributed by atoms with Gasteiger partial charge in [0.1, 0.15) is 11.8 Å². The van der Waals surface area contributed by atoms with E-state index in [0.717, 1.165) is 0 Å². The van der Waals surface area contributed by atoms with Gasteiger partial charge < -0.3 is 15.2 Å². The minimum atomic E-state index is -1.12. The molecule has 1 saturated heterocycles. The number of nitrogens with zero attached hydrogens (tertiary/aromatic N) is 1. The third kappa shape index (κ3) is 2.91. The van der Waals surface area contributed by atoms with E-state index in [1.807, 2.05) is 0 Å². The second-order valence-corrected chi connectivity index (χ2v) is 4.29. The van der Waals surface area contributed by atoms with E-state index in [9.17, 15) is 19.7 Å². The summed E-state index contributed by atoms with van der Waals surface area (Å²) in [7, 11) is 0. The highest BCUT2D eigenvalue weighted by atomic mass is 16.6. The number of carboxylic acids is 1. The van der Waals surface area contributed by atoms with Crippen molar-refractivity contribution in [1.82, 2.24) is 0 Å². The van der Waals surface area contributed by atoms with Crippen LogP contribution in [0.25, 0.3) is 0 Å². The molecule has 1 aliphatic heterocycles. The summed E-state index contributed by atoms with van der Waals surface area (Å²) >= 11 is 0. The van der Waals surface area contributed by atoms with Gasteiger partial charge in [-0.1, -0.05) is 12.1 Å². The van der Waals surface area contributed by atoms with E-state index in [0.29, 0.717) is 0 Å². The molecule has 2 atom stereocenters. The lowest BCUT2D eigenvalue weighted by Gasteiger charge is -2.11. The van der Waals surface area contributed by atoms with Crippen molar-refractivity contribution in [2.24, 2.45) is 0 Å². The molecule has 0 radical (unpaired) electrons. The Morgan fingerprint density at radius 1 is 1.30 bits per heavy atom. The number of carboxylic acid groups (broad SMARTS) is 1. The lowest BCUT2D eigenvalue weighted by atomic mass is 10.2. The smallest absolute Gasteiger partial charge is 0.332 e. The molecule has 0 bridgehead atoms. The zero-order valence-electron chi connectivity index (χ0n) is 10.3. The summed E-state index contributed by atoms with van der Waals surface area (Å²) in [6.07, 6.45) is -1.40. The summed E-state index contributed by atoms with van der Waals surface area (Å²) in [5.41, 5.74) is -0.168. The van der Waals surface area contributed by atoms with Gasteiger partial charge >= 0.3 is 5.97 Å². The van der Waals surface area contributed by atoms with Crippen LogP contribution in [0.5, 0.6) is 0 Å². The van der Waals surface area contributed by atoms with Gasteiger partial charge in [0.25, 0.3) is 11.6 Å². The molecule has 1 heterocycles. The van der Waals surface area contributed by atoms with Gasteiger partial charge in [-0.25, -0.2) is 4.79 Å². The molecular weight excluding hydrogens is 268 g/mol. The van der Waals surface area contributed by atoms with Crippen LogP contribution in [-0.2, 0) is 14.3 Å². The van der Waals surface area contributed by atoms with Crippen LogP contribution in [0.3, 0.4) is 0 Å². The van der Waals surface area contributed by atoms with Crippen LogP contribution in [0, 0.1) is 10.1 Å². The maximum Gasteiger partial charge on any atom is 0.332 e. The fraction of sp³-hybridized carbons (Fsp3) is 0.333. The molecule has 1 amide bonds. The van der Waals surface area contributed by atoms with E-state index in [2.05, 4.69) is 5.32 Å². The summed E-state index contributed by atoms with van der Waals surface area (Å²) < 4.78 is 5.08. The van der Waals surface area contributed by atoms with Crippen LogP contribution in [-0.4, -0.2) is 34.1 Å². The number of benzene rings is 1. The third-order valence-electron chi connectivity index (χ3n) is 2.95. The SMILES string of the molecule is O=C(Nc1ccccc1[N+](=O)[O-])[C@@H]1CC[C@H](C(=O)O)O1. The quantitative estimate of drug-likeness (QED) is 0.631. The number of amides is 1. The van der Waals surface area contributed by atoms with Gasteiger partial charge in [0.05, 0.1) is 4.92 Å². The largest absolute Gasteiger partial charge is 0.479 e. The molecule has 20 heavy (non-hydrogen) atoms. The molecule has 0 unspecified atom stereocenters. The van der Waals surface area contributed by atoms with E-state index in [1.165, 1.54) is 18.2 Å². The highest BCUT2D eigenvalue weighted by Gasteiger charge is 2.35. The van der Waals surface area contributed by atoms with Crippen molar-refractivity contribution >= 4 is 23.3 Å². The Balaban J connectivity index is 2.06.